The molecule has 6 aromatic rings. The van der Waals surface area contributed by atoms with E-state index >= 15 is 0 Å². The second-order valence-electron chi connectivity index (χ2n) is 12.6. The average molecular weight is 664 g/mol. The number of hydrogen-bond donors (Lipinski definition) is 1. The van der Waals surface area contributed by atoms with Crippen molar-refractivity contribution in [3.8, 4) is 11.5 Å². The van der Waals surface area contributed by atoms with Gasteiger partial charge in [-0.05, 0) is 94.9 Å². The molecule has 0 spiro atoms. The molecule has 0 aliphatic carbocycles. The minimum absolute atomic E-state index is 0.276. The predicted octanol–water partition coefficient (Wildman–Crippen LogP) is 10.5. The number of thioether (sulfide) groups is 1. The van der Waals surface area contributed by atoms with Crippen molar-refractivity contribution in [1.82, 2.24) is 0 Å². The molecule has 0 aromatic heterocycles. The zero-order valence-corrected chi connectivity index (χ0v) is 28.3. The van der Waals surface area contributed by atoms with Gasteiger partial charge in [0.2, 0.25) is 0 Å². The van der Waals surface area contributed by atoms with E-state index in [2.05, 4.69) is 86.6 Å². The standard InChI is InChI=1S/C43H37NO4S/c1-29-25-33-11-5-7-13-39(33)44-40(29)28-48-37-23-19-35(20-24-37)43(2,49-41-14-8-6-12-38(41)42(45)46)34-17-21-36(22-18-34)47-27-30-15-16-31-9-3-4-10-32(31)26-30/h3-24,26,29H,25,27-28H2,1-2H3,(H,45,46). The number of aromatic carboxylic acids is 1. The second-order valence-corrected chi connectivity index (χ2v) is 14.0. The molecule has 49 heavy (non-hydrogen) atoms. The number of carboxylic acid groups (broad SMARTS) is 1. The third-order valence-corrected chi connectivity index (χ3v) is 10.7. The van der Waals surface area contributed by atoms with Crippen LogP contribution in [0.1, 0.15) is 46.5 Å². The van der Waals surface area contributed by atoms with Crippen LogP contribution in [0.15, 0.2) is 149 Å². The highest BCUT2D eigenvalue weighted by Crippen LogP contribution is 2.48. The summed E-state index contributed by atoms with van der Waals surface area (Å²) in [4.78, 5) is 17.7. The summed E-state index contributed by atoms with van der Waals surface area (Å²) in [6, 6.07) is 46.3. The Kier molecular flexibility index (Phi) is 9.23. The highest BCUT2D eigenvalue weighted by molar-refractivity contribution is 8.00. The summed E-state index contributed by atoms with van der Waals surface area (Å²) in [7, 11) is 0. The van der Waals surface area contributed by atoms with Crippen molar-refractivity contribution >= 4 is 39.9 Å². The fourth-order valence-electron chi connectivity index (χ4n) is 6.31. The molecule has 1 heterocycles. The zero-order valence-electron chi connectivity index (χ0n) is 27.5. The molecule has 1 aliphatic rings. The van der Waals surface area contributed by atoms with Gasteiger partial charge in [0.15, 0.2) is 0 Å². The molecule has 1 N–H and O–H groups in total. The Labute approximate surface area is 291 Å². The minimum atomic E-state index is -0.950. The minimum Gasteiger partial charge on any atom is -0.489 e. The first-order valence-electron chi connectivity index (χ1n) is 16.5. The molecule has 5 nitrogen and oxygen atoms in total. The molecule has 0 fully saturated rings. The van der Waals surface area contributed by atoms with Crippen molar-refractivity contribution in [2.24, 2.45) is 10.9 Å². The number of para-hydroxylation sites is 1. The van der Waals surface area contributed by atoms with Crippen LogP contribution >= 0.6 is 11.8 Å². The lowest BCUT2D eigenvalue weighted by molar-refractivity contribution is 0.0693. The number of nitrogens with zero attached hydrogens (tertiary/aromatic N) is 1. The second kappa shape index (κ2) is 14.0. The van der Waals surface area contributed by atoms with Gasteiger partial charge >= 0.3 is 5.97 Å². The average Bonchev–Trinajstić information content (AvgIpc) is 3.13. The van der Waals surface area contributed by atoms with Gasteiger partial charge in [-0.2, -0.15) is 0 Å². The molecule has 7 rings (SSSR count). The summed E-state index contributed by atoms with van der Waals surface area (Å²) in [6.45, 7) is 5.21. The maximum Gasteiger partial charge on any atom is 0.336 e. The van der Waals surface area contributed by atoms with Gasteiger partial charge in [-0.3, -0.25) is 4.99 Å². The summed E-state index contributed by atoms with van der Waals surface area (Å²) in [5, 5.41) is 12.4. The van der Waals surface area contributed by atoms with E-state index in [9.17, 15) is 9.90 Å². The van der Waals surface area contributed by atoms with Crippen LogP contribution in [-0.4, -0.2) is 23.4 Å². The number of hydrogen-bond acceptors (Lipinski definition) is 5. The summed E-state index contributed by atoms with van der Waals surface area (Å²) >= 11 is 1.52. The van der Waals surface area contributed by atoms with Crippen molar-refractivity contribution in [3.63, 3.8) is 0 Å². The van der Waals surface area contributed by atoms with E-state index in [1.165, 1.54) is 28.1 Å². The molecule has 0 saturated heterocycles. The Morgan fingerprint density at radius 2 is 1.37 bits per heavy atom. The molecule has 0 bridgehead atoms. The summed E-state index contributed by atoms with van der Waals surface area (Å²) < 4.78 is 11.8. The molecule has 1 aliphatic heterocycles. The first-order valence-corrected chi connectivity index (χ1v) is 17.3. The normalized spacial score (nSPS) is 15.1. The zero-order chi connectivity index (χ0) is 33.8. The molecule has 0 amide bonds. The van der Waals surface area contributed by atoms with Gasteiger partial charge in [0.05, 0.1) is 21.7 Å². The lowest BCUT2D eigenvalue weighted by Crippen LogP contribution is -2.24. The lowest BCUT2D eigenvalue weighted by atomic mass is 9.92. The smallest absolute Gasteiger partial charge is 0.336 e. The summed E-state index contributed by atoms with van der Waals surface area (Å²) in [6.07, 6.45) is 0.956. The number of rotatable bonds is 11. The van der Waals surface area contributed by atoms with Crippen molar-refractivity contribution in [3.05, 3.63) is 167 Å². The molecule has 0 radical (unpaired) electrons. The Morgan fingerprint density at radius 1 is 0.755 bits per heavy atom. The van der Waals surface area contributed by atoms with Crippen molar-refractivity contribution in [1.29, 1.82) is 0 Å². The number of benzene rings is 6. The van der Waals surface area contributed by atoms with E-state index in [4.69, 9.17) is 14.5 Å². The summed E-state index contributed by atoms with van der Waals surface area (Å²) in [5.41, 5.74) is 6.75. The van der Waals surface area contributed by atoms with Crippen LogP contribution in [0.3, 0.4) is 0 Å². The predicted molar refractivity (Wildman–Crippen MR) is 199 cm³/mol. The number of aliphatic imine (C=N–C) groups is 1. The van der Waals surface area contributed by atoms with Crippen LogP contribution in [0.25, 0.3) is 10.8 Å². The van der Waals surface area contributed by atoms with Crippen LogP contribution in [0.2, 0.25) is 0 Å². The van der Waals surface area contributed by atoms with Crippen molar-refractivity contribution in [2.45, 2.75) is 36.5 Å². The number of ether oxygens (including phenoxy) is 2. The maximum absolute atomic E-state index is 12.2. The molecule has 0 saturated carbocycles. The lowest BCUT2D eigenvalue weighted by Gasteiger charge is -2.31. The molecule has 6 aromatic carbocycles. The van der Waals surface area contributed by atoms with Crippen molar-refractivity contribution in [2.75, 3.05) is 6.61 Å². The van der Waals surface area contributed by atoms with Gasteiger partial charge in [0, 0.05) is 10.8 Å². The van der Waals surface area contributed by atoms with Crippen LogP contribution in [0.4, 0.5) is 5.69 Å². The van der Waals surface area contributed by atoms with Gasteiger partial charge in [-0.15, -0.1) is 11.8 Å². The first-order chi connectivity index (χ1) is 23.9. The van der Waals surface area contributed by atoms with Gasteiger partial charge in [-0.1, -0.05) is 97.9 Å². The summed E-state index contributed by atoms with van der Waals surface area (Å²) in [5.74, 6) is 0.881. The Bertz CT molecular complexity index is 2140. The Hall–Kier alpha value is -5.33. The highest BCUT2D eigenvalue weighted by atomic mass is 32.2. The van der Waals surface area contributed by atoms with Crippen molar-refractivity contribution < 1.29 is 19.4 Å². The number of carbonyl (C=O) groups is 1. The van der Waals surface area contributed by atoms with E-state index in [1.54, 1.807) is 12.1 Å². The van der Waals surface area contributed by atoms with E-state index in [1.807, 2.05) is 54.6 Å². The quantitative estimate of drug-likeness (QED) is 0.140. The van der Waals surface area contributed by atoms with E-state index in [0.29, 0.717) is 24.0 Å². The SMILES string of the molecule is CC1Cc2ccccc2N=C1COc1ccc(C(C)(Sc2ccccc2C(=O)O)c2ccc(OCc3ccc4ccccc4c3)cc2)cc1. The van der Waals surface area contributed by atoms with Gasteiger partial charge in [-0.25, -0.2) is 4.79 Å². The topological polar surface area (TPSA) is 68.1 Å². The molecule has 2 unspecified atom stereocenters. The number of carboxylic acids is 1. The molecular formula is C43H37NO4S. The largest absolute Gasteiger partial charge is 0.489 e. The molecule has 244 valence electrons. The van der Waals surface area contributed by atoms with Gasteiger partial charge in [0.25, 0.3) is 0 Å². The molecule has 2 atom stereocenters. The van der Waals surface area contributed by atoms with Gasteiger partial charge < -0.3 is 14.6 Å². The highest BCUT2D eigenvalue weighted by Gasteiger charge is 2.32. The third-order valence-electron chi connectivity index (χ3n) is 9.20. The third kappa shape index (κ3) is 7.10. The van der Waals surface area contributed by atoms with Gasteiger partial charge in [0.1, 0.15) is 24.7 Å². The number of fused-ring (bicyclic) bond motifs is 2. The molecular weight excluding hydrogens is 627 g/mol. The maximum atomic E-state index is 12.2. The monoisotopic (exact) mass is 663 g/mol. The molecule has 6 heteroatoms. The fraction of sp³-hybridized carbons (Fsp3) is 0.163. The Balaban J connectivity index is 1.12. The van der Waals surface area contributed by atoms with E-state index in [0.717, 1.165) is 46.0 Å². The van der Waals surface area contributed by atoms with E-state index < -0.39 is 10.7 Å². The van der Waals surface area contributed by atoms with E-state index in [-0.39, 0.29) is 5.56 Å². The van der Waals surface area contributed by atoms with Crippen LogP contribution in [0.5, 0.6) is 11.5 Å². The fourth-order valence-corrected chi connectivity index (χ4v) is 7.67. The van der Waals surface area contributed by atoms with Crippen LogP contribution < -0.4 is 9.47 Å². The Morgan fingerprint density at radius 3 is 2.08 bits per heavy atom. The first kappa shape index (κ1) is 32.2. The van der Waals surface area contributed by atoms with Crippen LogP contribution in [-0.2, 0) is 17.8 Å². The van der Waals surface area contributed by atoms with Crippen LogP contribution in [0, 0.1) is 5.92 Å².